The molecule has 0 unspecified atom stereocenters. The third-order valence-corrected chi connectivity index (χ3v) is 2.83. The van der Waals surface area contributed by atoms with Crippen LogP contribution in [0.15, 0.2) is 29.1 Å². The maximum Gasteiger partial charge on any atom is 0.274 e. The maximum atomic E-state index is 11.9. The molecule has 0 aliphatic rings. The second-order valence-corrected chi connectivity index (χ2v) is 4.76. The number of amides is 1. The van der Waals surface area contributed by atoms with Crippen LogP contribution in [-0.4, -0.2) is 20.9 Å². The molecule has 0 aromatic carbocycles. The van der Waals surface area contributed by atoms with Crippen molar-refractivity contribution in [1.82, 2.24) is 15.0 Å². The van der Waals surface area contributed by atoms with Gasteiger partial charge in [0, 0.05) is 16.4 Å². The Morgan fingerprint density at radius 3 is 2.83 bits per heavy atom. The lowest BCUT2D eigenvalue weighted by Gasteiger charge is -2.06. The summed E-state index contributed by atoms with van der Waals surface area (Å²) in [5.74, 6) is -0.359. The van der Waals surface area contributed by atoms with Gasteiger partial charge in [0.1, 0.15) is 12.0 Å². The van der Waals surface area contributed by atoms with Crippen molar-refractivity contribution in [3.05, 3.63) is 45.7 Å². The summed E-state index contributed by atoms with van der Waals surface area (Å²) in [7, 11) is 0. The molecular formula is C11H8BrClN4O. The number of hydrogen-bond donors (Lipinski definition) is 1. The molecule has 2 heterocycles. The third kappa shape index (κ3) is 3.02. The predicted molar refractivity (Wildman–Crippen MR) is 71.7 cm³/mol. The van der Waals surface area contributed by atoms with E-state index >= 15 is 0 Å². The first-order valence-electron chi connectivity index (χ1n) is 4.97. The van der Waals surface area contributed by atoms with Crippen LogP contribution in [0, 0.1) is 6.92 Å². The van der Waals surface area contributed by atoms with E-state index in [0.29, 0.717) is 11.4 Å². The van der Waals surface area contributed by atoms with Crippen LogP contribution in [0.2, 0.25) is 5.15 Å². The number of nitrogens with one attached hydrogen (secondary N) is 1. The van der Waals surface area contributed by atoms with Gasteiger partial charge in [-0.25, -0.2) is 15.0 Å². The van der Waals surface area contributed by atoms with Crippen LogP contribution >= 0.6 is 27.5 Å². The summed E-state index contributed by atoms with van der Waals surface area (Å²) in [6.45, 7) is 1.78. The molecular weight excluding hydrogens is 320 g/mol. The molecule has 0 spiro atoms. The van der Waals surface area contributed by atoms with Crippen LogP contribution in [-0.2, 0) is 0 Å². The largest absolute Gasteiger partial charge is 0.318 e. The Hall–Kier alpha value is -1.53. The number of carbonyl (C=O) groups is 1. The van der Waals surface area contributed by atoms with Crippen molar-refractivity contribution in [1.29, 1.82) is 0 Å². The second-order valence-electron chi connectivity index (χ2n) is 3.49. The van der Waals surface area contributed by atoms with E-state index in [9.17, 15) is 4.79 Å². The van der Waals surface area contributed by atoms with Gasteiger partial charge in [0.25, 0.3) is 5.91 Å². The number of aryl methyl sites for hydroxylation is 1. The number of hydrogen-bond acceptors (Lipinski definition) is 4. The Balaban J connectivity index is 2.24. The molecule has 7 heteroatoms. The fraction of sp³-hybridized carbons (Fsp3) is 0.0909. The highest BCUT2D eigenvalue weighted by Gasteiger charge is 2.11. The lowest BCUT2D eigenvalue weighted by molar-refractivity contribution is 0.102. The molecule has 1 N–H and O–H groups in total. The third-order valence-electron chi connectivity index (χ3n) is 2.09. The molecule has 2 aromatic rings. The Kier molecular flexibility index (Phi) is 3.88. The molecule has 92 valence electrons. The number of aromatic nitrogens is 3. The predicted octanol–water partition coefficient (Wildman–Crippen LogP) is 2.85. The summed E-state index contributed by atoms with van der Waals surface area (Å²) in [6, 6.07) is 3.26. The zero-order valence-corrected chi connectivity index (χ0v) is 11.7. The smallest absolute Gasteiger partial charge is 0.274 e. The van der Waals surface area contributed by atoms with Crippen LogP contribution in [0.4, 0.5) is 5.69 Å². The van der Waals surface area contributed by atoms with E-state index in [1.807, 2.05) is 0 Å². The van der Waals surface area contributed by atoms with Gasteiger partial charge < -0.3 is 5.32 Å². The minimum atomic E-state index is -0.359. The van der Waals surface area contributed by atoms with Gasteiger partial charge in [-0.05, 0) is 35.0 Å². The Morgan fingerprint density at radius 1 is 1.33 bits per heavy atom. The summed E-state index contributed by atoms with van der Waals surface area (Å²) < 4.78 is 0.723. The number of pyridine rings is 1. The molecule has 0 aliphatic carbocycles. The van der Waals surface area contributed by atoms with E-state index in [-0.39, 0.29) is 16.8 Å². The van der Waals surface area contributed by atoms with E-state index in [1.165, 1.54) is 6.33 Å². The van der Waals surface area contributed by atoms with Crippen LogP contribution in [0.25, 0.3) is 0 Å². The van der Waals surface area contributed by atoms with Gasteiger partial charge in [-0.3, -0.25) is 4.79 Å². The highest BCUT2D eigenvalue weighted by Crippen LogP contribution is 2.23. The number of halogens is 2. The quantitative estimate of drug-likeness (QED) is 0.861. The average Bonchev–Trinajstić information content (AvgIpc) is 2.34. The lowest BCUT2D eigenvalue weighted by atomic mass is 10.3. The Bertz CT molecular complexity index is 605. The normalized spacial score (nSPS) is 10.2. The molecule has 1 amide bonds. The molecule has 2 aromatic heterocycles. The topological polar surface area (TPSA) is 67.8 Å². The highest BCUT2D eigenvalue weighted by atomic mass is 79.9. The van der Waals surface area contributed by atoms with Crippen molar-refractivity contribution in [3.8, 4) is 0 Å². The molecule has 0 radical (unpaired) electrons. The summed E-state index contributed by atoms with van der Waals surface area (Å²) in [5.41, 5.74) is 1.42. The molecule has 0 bridgehead atoms. The second kappa shape index (κ2) is 5.41. The Morgan fingerprint density at radius 2 is 2.11 bits per heavy atom. The van der Waals surface area contributed by atoms with Crippen molar-refractivity contribution in [3.63, 3.8) is 0 Å². The van der Waals surface area contributed by atoms with Gasteiger partial charge in [-0.15, -0.1) is 0 Å². The number of rotatable bonds is 2. The number of anilines is 1. The van der Waals surface area contributed by atoms with Crippen LogP contribution < -0.4 is 5.32 Å². The first-order valence-corrected chi connectivity index (χ1v) is 6.14. The van der Waals surface area contributed by atoms with E-state index in [2.05, 4.69) is 36.2 Å². The van der Waals surface area contributed by atoms with E-state index in [0.717, 1.165) is 4.47 Å². The van der Waals surface area contributed by atoms with Gasteiger partial charge in [-0.1, -0.05) is 11.6 Å². The number of carbonyl (C=O) groups excluding carboxylic acids is 1. The molecule has 5 nitrogen and oxygen atoms in total. The Labute approximate surface area is 117 Å². The fourth-order valence-electron chi connectivity index (χ4n) is 1.28. The molecule has 0 fully saturated rings. The monoisotopic (exact) mass is 326 g/mol. The van der Waals surface area contributed by atoms with Crippen LogP contribution in [0.5, 0.6) is 0 Å². The van der Waals surface area contributed by atoms with Gasteiger partial charge in [0.15, 0.2) is 5.15 Å². The minimum Gasteiger partial charge on any atom is -0.318 e. The summed E-state index contributed by atoms with van der Waals surface area (Å²) >= 11 is 9.14. The van der Waals surface area contributed by atoms with Crippen molar-refractivity contribution in [2.75, 3.05) is 5.32 Å². The zero-order chi connectivity index (χ0) is 13.1. The number of nitrogens with zero attached hydrogens (tertiary/aromatic N) is 3. The maximum absolute atomic E-state index is 11.9. The van der Waals surface area contributed by atoms with Gasteiger partial charge in [0.2, 0.25) is 0 Å². The molecule has 0 saturated heterocycles. The minimum absolute atomic E-state index is 0.220. The van der Waals surface area contributed by atoms with Crippen LogP contribution in [0.1, 0.15) is 16.2 Å². The van der Waals surface area contributed by atoms with Crippen molar-refractivity contribution < 1.29 is 4.79 Å². The van der Waals surface area contributed by atoms with E-state index in [1.54, 1.807) is 25.3 Å². The van der Waals surface area contributed by atoms with E-state index in [4.69, 9.17) is 11.6 Å². The molecule has 0 atom stereocenters. The summed E-state index contributed by atoms with van der Waals surface area (Å²) in [6.07, 6.45) is 2.89. The van der Waals surface area contributed by atoms with Crippen molar-refractivity contribution in [2.45, 2.75) is 6.92 Å². The SMILES string of the molecule is Cc1cc(C(=O)Nc2cc(Br)cnc2Cl)ncn1. The molecule has 2 rings (SSSR count). The van der Waals surface area contributed by atoms with Gasteiger partial charge in [0.05, 0.1) is 5.69 Å². The fourth-order valence-corrected chi connectivity index (χ4v) is 1.76. The average molecular weight is 328 g/mol. The first-order chi connectivity index (χ1) is 8.56. The summed E-state index contributed by atoms with van der Waals surface area (Å²) in [5, 5.41) is 2.86. The van der Waals surface area contributed by atoms with Gasteiger partial charge in [-0.2, -0.15) is 0 Å². The molecule has 0 aliphatic heterocycles. The molecule has 0 saturated carbocycles. The molecule has 18 heavy (non-hydrogen) atoms. The van der Waals surface area contributed by atoms with Gasteiger partial charge >= 0.3 is 0 Å². The highest BCUT2D eigenvalue weighted by molar-refractivity contribution is 9.10. The summed E-state index contributed by atoms with van der Waals surface area (Å²) in [4.78, 5) is 23.7. The lowest BCUT2D eigenvalue weighted by Crippen LogP contribution is -2.14. The van der Waals surface area contributed by atoms with Crippen molar-refractivity contribution >= 4 is 39.1 Å². The standard InChI is InChI=1S/C11H8BrClN4O/c1-6-2-9(16-5-15-6)11(18)17-8-3-7(12)4-14-10(8)13/h2-5H,1H3,(H,17,18). The zero-order valence-electron chi connectivity index (χ0n) is 9.32. The van der Waals surface area contributed by atoms with Crippen LogP contribution in [0.3, 0.4) is 0 Å². The van der Waals surface area contributed by atoms with E-state index < -0.39 is 0 Å². The first kappa shape index (κ1) is 12.9. The van der Waals surface area contributed by atoms with Crippen molar-refractivity contribution in [2.24, 2.45) is 0 Å².